The molecule has 0 N–H and O–H groups in total. The molecule has 1 atom stereocenters. The van der Waals surface area contributed by atoms with Crippen molar-refractivity contribution in [2.45, 2.75) is 38.4 Å². The number of rotatable bonds is 6. The van der Waals surface area contributed by atoms with Crippen molar-refractivity contribution in [3.05, 3.63) is 71.8 Å². The molecule has 1 saturated heterocycles. The van der Waals surface area contributed by atoms with Gasteiger partial charge in [0.25, 0.3) is 0 Å². The SMILES string of the molecule is c1ccc(COB2CCCC2OCc2ccccc2)cc1. The first-order valence-electron chi connectivity index (χ1n) is 7.73. The number of hydrogen-bond donors (Lipinski definition) is 0. The fourth-order valence-corrected chi connectivity index (χ4v) is 2.83. The van der Waals surface area contributed by atoms with Crippen LogP contribution in [0.3, 0.4) is 0 Å². The second-order valence-corrected chi connectivity index (χ2v) is 5.60. The Morgan fingerprint density at radius 2 is 1.48 bits per heavy atom. The third-order valence-electron chi connectivity index (χ3n) is 4.01. The predicted octanol–water partition coefficient (Wildman–Crippen LogP) is 4.11. The first-order valence-corrected chi connectivity index (χ1v) is 7.73. The second kappa shape index (κ2) is 7.44. The van der Waals surface area contributed by atoms with Crippen molar-refractivity contribution in [1.29, 1.82) is 0 Å². The minimum Gasteiger partial charge on any atom is -0.429 e. The lowest BCUT2D eigenvalue weighted by Gasteiger charge is -2.18. The van der Waals surface area contributed by atoms with Crippen molar-refractivity contribution in [3.63, 3.8) is 0 Å². The van der Waals surface area contributed by atoms with Gasteiger partial charge in [0.1, 0.15) is 0 Å². The van der Waals surface area contributed by atoms with Gasteiger partial charge < -0.3 is 9.39 Å². The molecule has 1 aliphatic rings. The van der Waals surface area contributed by atoms with Crippen LogP contribution in [0.15, 0.2) is 60.7 Å². The summed E-state index contributed by atoms with van der Waals surface area (Å²) in [7, 11) is 0. The molecular weight excluding hydrogens is 259 g/mol. The Morgan fingerprint density at radius 3 is 2.14 bits per heavy atom. The molecule has 21 heavy (non-hydrogen) atoms. The summed E-state index contributed by atoms with van der Waals surface area (Å²) in [6.45, 7) is 1.59. The maximum Gasteiger partial charge on any atom is 0.322 e. The molecule has 108 valence electrons. The molecular formula is C18H21BO2. The third-order valence-corrected chi connectivity index (χ3v) is 4.01. The summed E-state index contributed by atoms with van der Waals surface area (Å²) in [6, 6.07) is 20.9. The summed E-state index contributed by atoms with van der Waals surface area (Å²) in [4.78, 5) is 0. The summed E-state index contributed by atoms with van der Waals surface area (Å²) < 4.78 is 12.1. The van der Waals surface area contributed by atoms with Gasteiger partial charge in [-0.3, -0.25) is 0 Å². The third kappa shape index (κ3) is 4.19. The van der Waals surface area contributed by atoms with Crippen LogP contribution >= 0.6 is 0 Å². The molecule has 0 spiro atoms. The largest absolute Gasteiger partial charge is 0.429 e. The van der Waals surface area contributed by atoms with Gasteiger partial charge in [-0.15, -0.1) is 0 Å². The number of benzene rings is 2. The van der Waals surface area contributed by atoms with Crippen LogP contribution in [0.2, 0.25) is 6.32 Å². The lowest BCUT2D eigenvalue weighted by molar-refractivity contribution is 0.0763. The summed E-state index contributed by atoms with van der Waals surface area (Å²) in [6.07, 6.45) is 3.40. The van der Waals surface area contributed by atoms with E-state index >= 15 is 0 Å². The summed E-state index contributed by atoms with van der Waals surface area (Å²) in [5, 5.41) is 0. The van der Waals surface area contributed by atoms with Gasteiger partial charge in [0.15, 0.2) is 0 Å². The lowest BCUT2D eigenvalue weighted by atomic mass is 9.64. The van der Waals surface area contributed by atoms with Crippen molar-refractivity contribution in [1.82, 2.24) is 0 Å². The monoisotopic (exact) mass is 280 g/mol. The summed E-state index contributed by atoms with van der Waals surface area (Å²) in [5.41, 5.74) is 2.46. The van der Waals surface area contributed by atoms with E-state index in [2.05, 4.69) is 48.5 Å². The smallest absolute Gasteiger partial charge is 0.322 e. The van der Waals surface area contributed by atoms with Crippen LogP contribution in [-0.4, -0.2) is 12.9 Å². The first kappa shape index (κ1) is 14.4. The van der Waals surface area contributed by atoms with E-state index in [1.165, 1.54) is 17.5 Å². The quantitative estimate of drug-likeness (QED) is 0.741. The van der Waals surface area contributed by atoms with Crippen molar-refractivity contribution in [2.24, 2.45) is 0 Å². The van der Waals surface area contributed by atoms with Gasteiger partial charge in [-0.1, -0.05) is 67.1 Å². The molecule has 0 radical (unpaired) electrons. The van der Waals surface area contributed by atoms with E-state index in [1.807, 2.05) is 12.1 Å². The topological polar surface area (TPSA) is 18.5 Å². The molecule has 1 heterocycles. The average Bonchev–Trinajstić information content (AvgIpc) is 3.00. The van der Waals surface area contributed by atoms with Crippen molar-refractivity contribution >= 4 is 6.92 Å². The van der Waals surface area contributed by atoms with Crippen LogP contribution in [0, 0.1) is 0 Å². The number of ether oxygens (including phenoxy) is 1. The van der Waals surface area contributed by atoms with Crippen molar-refractivity contribution in [3.8, 4) is 0 Å². The molecule has 2 aromatic rings. The maximum atomic E-state index is 6.07. The van der Waals surface area contributed by atoms with Gasteiger partial charge in [-0.25, -0.2) is 0 Å². The van der Waals surface area contributed by atoms with Crippen molar-refractivity contribution in [2.75, 3.05) is 0 Å². The molecule has 1 fully saturated rings. The second-order valence-electron chi connectivity index (χ2n) is 5.60. The lowest BCUT2D eigenvalue weighted by Crippen LogP contribution is -2.30. The zero-order chi connectivity index (χ0) is 14.3. The Hall–Kier alpha value is -1.58. The Balaban J connectivity index is 1.49. The van der Waals surface area contributed by atoms with Gasteiger partial charge in [0, 0.05) is 0 Å². The predicted molar refractivity (Wildman–Crippen MR) is 86.0 cm³/mol. The molecule has 0 saturated carbocycles. The standard InChI is InChI=1S/C18H21BO2/c1-3-8-16(9-4-1)14-20-18-12-7-13-19(18)21-15-17-10-5-2-6-11-17/h1-6,8-11,18H,7,12-15H2. The molecule has 2 nitrogen and oxygen atoms in total. The van der Waals surface area contributed by atoms with Crippen LogP contribution in [0.4, 0.5) is 0 Å². The Morgan fingerprint density at radius 1 is 0.857 bits per heavy atom. The molecule has 2 aromatic carbocycles. The zero-order valence-electron chi connectivity index (χ0n) is 12.3. The average molecular weight is 280 g/mol. The molecule has 0 amide bonds. The van der Waals surface area contributed by atoms with Crippen LogP contribution in [-0.2, 0) is 22.6 Å². The molecule has 1 unspecified atom stereocenters. The highest BCUT2D eigenvalue weighted by Crippen LogP contribution is 2.24. The Kier molecular flexibility index (Phi) is 5.09. The van der Waals surface area contributed by atoms with Gasteiger partial charge >= 0.3 is 6.92 Å². The first-order chi connectivity index (χ1) is 10.4. The summed E-state index contributed by atoms with van der Waals surface area (Å²) in [5.74, 6) is 0. The normalized spacial score (nSPS) is 18.1. The van der Waals surface area contributed by atoms with E-state index in [-0.39, 0.29) is 12.9 Å². The minimum absolute atomic E-state index is 0.230. The number of hydrogen-bond acceptors (Lipinski definition) is 2. The molecule has 0 aliphatic carbocycles. The highest BCUT2D eigenvalue weighted by molar-refractivity contribution is 6.54. The summed E-state index contributed by atoms with van der Waals surface area (Å²) >= 11 is 0. The fourth-order valence-electron chi connectivity index (χ4n) is 2.83. The van der Waals surface area contributed by atoms with E-state index < -0.39 is 0 Å². The van der Waals surface area contributed by atoms with Gasteiger partial charge in [-0.05, 0) is 23.9 Å². The van der Waals surface area contributed by atoms with E-state index in [1.54, 1.807) is 0 Å². The van der Waals surface area contributed by atoms with E-state index in [9.17, 15) is 0 Å². The van der Waals surface area contributed by atoms with Crippen LogP contribution in [0.5, 0.6) is 0 Å². The Bertz CT molecular complexity index is 480. The highest BCUT2D eigenvalue weighted by Gasteiger charge is 2.33. The molecule has 0 bridgehead atoms. The van der Waals surface area contributed by atoms with Crippen LogP contribution < -0.4 is 0 Å². The fraction of sp³-hybridized carbons (Fsp3) is 0.333. The molecule has 3 heteroatoms. The zero-order valence-corrected chi connectivity index (χ0v) is 12.3. The minimum atomic E-state index is 0.230. The highest BCUT2D eigenvalue weighted by atomic mass is 16.5. The van der Waals surface area contributed by atoms with Crippen molar-refractivity contribution < 1.29 is 9.39 Å². The van der Waals surface area contributed by atoms with E-state index in [0.717, 1.165) is 12.7 Å². The molecule has 3 rings (SSSR count). The van der Waals surface area contributed by atoms with Gasteiger partial charge in [-0.2, -0.15) is 0 Å². The van der Waals surface area contributed by atoms with Crippen LogP contribution in [0.25, 0.3) is 0 Å². The van der Waals surface area contributed by atoms with Gasteiger partial charge in [0.05, 0.1) is 19.2 Å². The van der Waals surface area contributed by atoms with E-state index in [4.69, 9.17) is 9.39 Å². The van der Waals surface area contributed by atoms with Gasteiger partial charge in [0.2, 0.25) is 0 Å². The van der Waals surface area contributed by atoms with Crippen LogP contribution in [0.1, 0.15) is 24.0 Å². The maximum absolute atomic E-state index is 6.07. The Labute approximate surface area is 127 Å². The van der Waals surface area contributed by atoms with E-state index in [0.29, 0.717) is 13.2 Å². The molecule has 0 aromatic heterocycles. The molecule has 1 aliphatic heterocycles.